The molecule has 0 unspecified atom stereocenters. The van der Waals surface area contributed by atoms with E-state index >= 15 is 0 Å². The number of furan rings is 1. The molecule has 1 aromatic carbocycles. The van der Waals surface area contributed by atoms with Gasteiger partial charge in [-0.2, -0.15) is 0 Å². The van der Waals surface area contributed by atoms with Crippen molar-refractivity contribution in [3.05, 3.63) is 58.3 Å². The number of methoxy groups -OCH3 is 1. The first kappa shape index (κ1) is 12.8. The second-order valence-electron chi connectivity index (χ2n) is 3.63. The summed E-state index contributed by atoms with van der Waals surface area (Å²) in [6.45, 7) is 0.268. The molecule has 0 fully saturated rings. The molecular formula is C13H10ClFO3. The minimum atomic E-state index is -0.633. The molecule has 94 valence electrons. The van der Waals surface area contributed by atoms with Crippen molar-refractivity contribution in [2.45, 2.75) is 6.61 Å². The summed E-state index contributed by atoms with van der Waals surface area (Å²) in [5.74, 6) is -0.462. The maximum absolute atomic E-state index is 13.2. The van der Waals surface area contributed by atoms with E-state index in [-0.39, 0.29) is 23.0 Å². The highest BCUT2D eigenvalue weighted by molar-refractivity contribution is 6.34. The van der Waals surface area contributed by atoms with Gasteiger partial charge >= 0.3 is 0 Å². The van der Waals surface area contributed by atoms with E-state index in [4.69, 9.17) is 20.8 Å². The SMILES string of the molecule is COCc1ccc(C(=O)c2cccc(F)c2Cl)o1. The molecule has 5 heteroatoms. The Morgan fingerprint density at radius 2 is 2.17 bits per heavy atom. The molecule has 0 N–H and O–H groups in total. The van der Waals surface area contributed by atoms with Gasteiger partial charge in [-0.3, -0.25) is 4.79 Å². The Kier molecular flexibility index (Phi) is 3.79. The van der Waals surface area contributed by atoms with Crippen LogP contribution < -0.4 is 0 Å². The first-order valence-corrected chi connectivity index (χ1v) is 5.57. The molecule has 1 aromatic heterocycles. The first-order chi connectivity index (χ1) is 8.63. The fourth-order valence-corrected chi connectivity index (χ4v) is 1.74. The van der Waals surface area contributed by atoms with Crippen LogP contribution in [-0.4, -0.2) is 12.9 Å². The summed E-state index contributed by atoms with van der Waals surface area (Å²) < 4.78 is 23.4. The molecule has 18 heavy (non-hydrogen) atoms. The summed E-state index contributed by atoms with van der Waals surface area (Å²) in [4.78, 5) is 12.1. The molecular weight excluding hydrogens is 259 g/mol. The molecule has 0 aliphatic rings. The molecule has 2 aromatic rings. The van der Waals surface area contributed by atoms with Crippen molar-refractivity contribution >= 4 is 17.4 Å². The molecule has 2 rings (SSSR count). The number of carbonyl (C=O) groups is 1. The van der Waals surface area contributed by atoms with Crippen LogP contribution in [0.1, 0.15) is 21.9 Å². The first-order valence-electron chi connectivity index (χ1n) is 5.20. The second-order valence-corrected chi connectivity index (χ2v) is 4.01. The number of hydrogen-bond acceptors (Lipinski definition) is 3. The van der Waals surface area contributed by atoms with Gasteiger partial charge in [0.2, 0.25) is 5.78 Å². The molecule has 0 saturated carbocycles. The molecule has 0 aliphatic carbocycles. The minimum Gasteiger partial charge on any atom is -0.455 e. The maximum atomic E-state index is 13.2. The topological polar surface area (TPSA) is 39.4 Å². The van der Waals surface area contributed by atoms with Gasteiger partial charge in [-0.15, -0.1) is 0 Å². The molecule has 0 saturated heterocycles. The van der Waals surface area contributed by atoms with Crippen LogP contribution in [0.4, 0.5) is 4.39 Å². The van der Waals surface area contributed by atoms with Gasteiger partial charge in [0.1, 0.15) is 18.2 Å². The van der Waals surface area contributed by atoms with Gasteiger partial charge in [0.25, 0.3) is 0 Å². The number of hydrogen-bond donors (Lipinski definition) is 0. The van der Waals surface area contributed by atoms with Gasteiger partial charge in [0, 0.05) is 12.7 Å². The van der Waals surface area contributed by atoms with Crippen molar-refractivity contribution in [3.8, 4) is 0 Å². The van der Waals surface area contributed by atoms with Gasteiger partial charge < -0.3 is 9.15 Å². The standard InChI is InChI=1S/C13H10ClFO3/c1-17-7-8-5-6-11(18-8)13(16)9-3-2-4-10(15)12(9)14/h2-6H,7H2,1H3. The third-order valence-electron chi connectivity index (χ3n) is 2.37. The molecule has 0 radical (unpaired) electrons. The van der Waals surface area contributed by atoms with E-state index in [1.807, 2.05) is 0 Å². The van der Waals surface area contributed by atoms with Gasteiger partial charge in [-0.25, -0.2) is 4.39 Å². The third-order valence-corrected chi connectivity index (χ3v) is 2.75. The quantitative estimate of drug-likeness (QED) is 0.797. The zero-order chi connectivity index (χ0) is 13.1. The van der Waals surface area contributed by atoms with Gasteiger partial charge in [0.05, 0.1) is 5.02 Å². The molecule has 3 nitrogen and oxygen atoms in total. The predicted octanol–water partition coefficient (Wildman–Crippen LogP) is 3.45. The summed E-state index contributed by atoms with van der Waals surface area (Å²) in [5.41, 5.74) is 0.0787. The van der Waals surface area contributed by atoms with Crippen LogP contribution in [-0.2, 0) is 11.3 Å². The fourth-order valence-electron chi connectivity index (χ4n) is 1.53. The van der Waals surface area contributed by atoms with E-state index in [1.54, 1.807) is 6.07 Å². The lowest BCUT2D eigenvalue weighted by atomic mass is 10.1. The lowest BCUT2D eigenvalue weighted by Crippen LogP contribution is -2.01. The molecule has 0 bridgehead atoms. The smallest absolute Gasteiger partial charge is 0.229 e. The highest BCUT2D eigenvalue weighted by Gasteiger charge is 2.18. The highest BCUT2D eigenvalue weighted by Crippen LogP contribution is 2.23. The van der Waals surface area contributed by atoms with Gasteiger partial charge in [-0.05, 0) is 24.3 Å². The zero-order valence-electron chi connectivity index (χ0n) is 9.57. The Labute approximate surface area is 108 Å². The van der Waals surface area contributed by atoms with Crippen molar-refractivity contribution in [1.82, 2.24) is 0 Å². The number of ketones is 1. The van der Waals surface area contributed by atoms with Crippen molar-refractivity contribution in [3.63, 3.8) is 0 Å². The van der Waals surface area contributed by atoms with E-state index in [0.29, 0.717) is 5.76 Å². The Hall–Kier alpha value is -1.65. The summed E-state index contributed by atoms with van der Waals surface area (Å²) in [6.07, 6.45) is 0. The molecule has 0 amide bonds. The van der Waals surface area contributed by atoms with Crippen molar-refractivity contribution in [2.24, 2.45) is 0 Å². The van der Waals surface area contributed by atoms with Crippen LogP contribution in [0.15, 0.2) is 34.7 Å². The predicted molar refractivity (Wildman–Crippen MR) is 64.3 cm³/mol. The van der Waals surface area contributed by atoms with Gasteiger partial charge in [0.15, 0.2) is 5.76 Å². The van der Waals surface area contributed by atoms with E-state index in [9.17, 15) is 9.18 Å². The Bertz CT molecular complexity index is 577. The minimum absolute atomic E-state index is 0.0787. The normalized spacial score (nSPS) is 10.6. The van der Waals surface area contributed by atoms with Crippen molar-refractivity contribution in [1.29, 1.82) is 0 Å². The van der Waals surface area contributed by atoms with Crippen LogP contribution in [0.5, 0.6) is 0 Å². The molecule has 0 atom stereocenters. The Balaban J connectivity index is 2.32. The molecule has 0 spiro atoms. The number of ether oxygens (including phenoxy) is 1. The average Bonchev–Trinajstić information content (AvgIpc) is 2.81. The van der Waals surface area contributed by atoms with Crippen LogP contribution in [0.2, 0.25) is 5.02 Å². The number of rotatable bonds is 4. The monoisotopic (exact) mass is 268 g/mol. The van der Waals surface area contributed by atoms with Crippen molar-refractivity contribution < 1.29 is 18.3 Å². The average molecular weight is 269 g/mol. The Morgan fingerprint density at radius 1 is 1.39 bits per heavy atom. The largest absolute Gasteiger partial charge is 0.455 e. The lowest BCUT2D eigenvalue weighted by Gasteiger charge is -2.01. The van der Waals surface area contributed by atoms with Crippen LogP contribution in [0, 0.1) is 5.82 Å². The summed E-state index contributed by atoms with van der Waals surface area (Å²) in [5, 5.41) is -0.202. The number of halogens is 2. The highest BCUT2D eigenvalue weighted by atomic mass is 35.5. The maximum Gasteiger partial charge on any atom is 0.229 e. The third kappa shape index (κ3) is 2.44. The molecule has 1 heterocycles. The van der Waals surface area contributed by atoms with Crippen LogP contribution in [0.3, 0.4) is 0 Å². The summed E-state index contributed by atoms with van der Waals surface area (Å²) in [6, 6.07) is 7.21. The lowest BCUT2D eigenvalue weighted by molar-refractivity contribution is 0.0999. The summed E-state index contributed by atoms with van der Waals surface area (Å²) in [7, 11) is 1.52. The number of benzene rings is 1. The van der Waals surface area contributed by atoms with Crippen LogP contribution in [0.25, 0.3) is 0 Å². The zero-order valence-corrected chi connectivity index (χ0v) is 10.3. The molecule has 0 aliphatic heterocycles. The van der Waals surface area contributed by atoms with E-state index in [0.717, 1.165) is 0 Å². The van der Waals surface area contributed by atoms with E-state index in [1.165, 1.54) is 31.4 Å². The Morgan fingerprint density at radius 3 is 2.89 bits per heavy atom. The van der Waals surface area contributed by atoms with E-state index in [2.05, 4.69) is 0 Å². The van der Waals surface area contributed by atoms with Crippen LogP contribution >= 0.6 is 11.6 Å². The number of carbonyl (C=O) groups excluding carboxylic acids is 1. The summed E-state index contributed by atoms with van der Waals surface area (Å²) >= 11 is 5.74. The van der Waals surface area contributed by atoms with E-state index < -0.39 is 11.6 Å². The van der Waals surface area contributed by atoms with Crippen molar-refractivity contribution in [2.75, 3.05) is 7.11 Å². The fraction of sp³-hybridized carbons (Fsp3) is 0.154. The second kappa shape index (κ2) is 5.33. The van der Waals surface area contributed by atoms with Gasteiger partial charge in [-0.1, -0.05) is 17.7 Å².